The van der Waals surface area contributed by atoms with Gasteiger partial charge in [0.1, 0.15) is 6.54 Å². The first-order valence-corrected chi connectivity index (χ1v) is 2.22. The molecule has 0 aliphatic rings. The van der Waals surface area contributed by atoms with Crippen LogP contribution in [0.3, 0.4) is 0 Å². The van der Waals surface area contributed by atoms with Crippen molar-refractivity contribution in [2.75, 3.05) is 6.54 Å². The lowest BCUT2D eigenvalue weighted by atomic mass is 10.3. The summed E-state index contributed by atoms with van der Waals surface area (Å²) in [6.07, 6.45) is 1.88. The van der Waals surface area contributed by atoms with E-state index in [1.807, 2.05) is 19.9 Å². The molecule has 40 valence electrons. The van der Waals surface area contributed by atoms with E-state index < -0.39 is 0 Å². The highest BCUT2D eigenvalue weighted by Gasteiger charge is 1.80. The predicted octanol–water partition coefficient (Wildman–Crippen LogP) is 1.72. The third-order valence-electron chi connectivity index (χ3n) is 0.807. The molecule has 0 aliphatic heterocycles. The summed E-state index contributed by atoms with van der Waals surface area (Å²) in [4.78, 5) is 9.48. The summed E-state index contributed by atoms with van der Waals surface area (Å²) < 4.78 is 0. The summed E-state index contributed by atoms with van der Waals surface area (Å²) in [6, 6.07) is 0. The fraction of sp³-hybridized carbons (Fsp3) is 0.600. The second-order valence-corrected chi connectivity index (χ2v) is 1.42. The highest BCUT2D eigenvalue weighted by atomic mass is 16.3. The Hall–Kier alpha value is -0.660. The molecule has 0 unspecified atom stereocenters. The van der Waals surface area contributed by atoms with Crippen molar-refractivity contribution in [2.45, 2.75) is 13.8 Å². The van der Waals surface area contributed by atoms with Crippen LogP contribution in [-0.4, -0.2) is 6.54 Å². The molecule has 7 heavy (non-hydrogen) atoms. The zero-order valence-electron chi connectivity index (χ0n) is 4.64. The van der Waals surface area contributed by atoms with Gasteiger partial charge in [0.05, 0.1) is 0 Å². The number of nitroso groups, excluding NO2 is 1. The van der Waals surface area contributed by atoms with Crippen LogP contribution >= 0.6 is 0 Å². The van der Waals surface area contributed by atoms with Gasteiger partial charge in [0.15, 0.2) is 0 Å². The van der Waals surface area contributed by atoms with Crippen LogP contribution in [0.25, 0.3) is 0 Å². The lowest BCUT2D eigenvalue weighted by Gasteiger charge is -1.83. The Morgan fingerprint density at radius 1 is 1.86 bits per heavy atom. The van der Waals surface area contributed by atoms with Crippen LogP contribution < -0.4 is 0 Å². The van der Waals surface area contributed by atoms with Crippen LogP contribution in [0.2, 0.25) is 0 Å². The van der Waals surface area contributed by atoms with Crippen LogP contribution in [0, 0.1) is 4.91 Å². The molecule has 0 aromatic heterocycles. The van der Waals surface area contributed by atoms with E-state index in [0.29, 0.717) is 6.54 Å². The first kappa shape index (κ1) is 6.34. The smallest absolute Gasteiger partial charge is 0.102 e. The van der Waals surface area contributed by atoms with Gasteiger partial charge in [-0.2, -0.15) is 4.91 Å². The first-order chi connectivity index (χ1) is 3.31. The number of hydrogen-bond donors (Lipinski definition) is 0. The summed E-state index contributed by atoms with van der Waals surface area (Å²) in [7, 11) is 0. The minimum absolute atomic E-state index is 0.330. The second kappa shape index (κ2) is 3.53. The number of rotatable bonds is 2. The van der Waals surface area contributed by atoms with Gasteiger partial charge < -0.3 is 0 Å². The second-order valence-electron chi connectivity index (χ2n) is 1.42. The van der Waals surface area contributed by atoms with Gasteiger partial charge in [0.25, 0.3) is 0 Å². The fourth-order valence-electron chi connectivity index (χ4n) is 0.193. The van der Waals surface area contributed by atoms with Crippen molar-refractivity contribution in [1.29, 1.82) is 0 Å². The molecule has 0 aliphatic carbocycles. The molecular weight excluding hydrogens is 90.1 g/mol. The van der Waals surface area contributed by atoms with Crippen molar-refractivity contribution in [3.63, 3.8) is 0 Å². The molecule has 0 aromatic rings. The molecule has 0 bridgehead atoms. The molecule has 0 spiro atoms. The van der Waals surface area contributed by atoms with Gasteiger partial charge in [-0.3, -0.25) is 0 Å². The predicted molar refractivity (Wildman–Crippen MR) is 30.1 cm³/mol. The zero-order chi connectivity index (χ0) is 5.70. The summed E-state index contributed by atoms with van der Waals surface area (Å²) in [5.41, 5.74) is 1.02. The van der Waals surface area contributed by atoms with E-state index in [-0.39, 0.29) is 0 Å². The maximum atomic E-state index is 9.48. The molecule has 2 heteroatoms. The molecule has 0 N–H and O–H groups in total. The van der Waals surface area contributed by atoms with Gasteiger partial charge in [0, 0.05) is 0 Å². The van der Waals surface area contributed by atoms with E-state index >= 15 is 0 Å². The normalized spacial score (nSPS) is 11.4. The lowest BCUT2D eigenvalue weighted by Crippen LogP contribution is -1.76. The van der Waals surface area contributed by atoms with Crippen molar-refractivity contribution < 1.29 is 0 Å². The molecule has 0 atom stereocenters. The lowest BCUT2D eigenvalue weighted by molar-refractivity contribution is 1.11. The Labute approximate surface area is 43.2 Å². The highest BCUT2D eigenvalue weighted by Crippen LogP contribution is 1.89. The molecule has 0 radical (unpaired) electrons. The van der Waals surface area contributed by atoms with E-state index in [1.54, 1.807) is 0 Å². The Balaban J connectivity index is 3.36. The van der Waals surface area contributed by atoms with Gasteiger partial charge >= 0.3 is 0 Å². The van der Waals surface area contributed by atoms with Gasteiger partial charge in [-0.05, 0) is 13.8 Å². The molecule has 0 heterocycles. The first-order valence-electron chi connectivity index (χ1n) is 2.22. The molecule has 0 saturated carbocycles. The molecule has 0 saturated heterocycles. The molecule has 0 fully saturated rings. The zero-order valence-corrected chi connectivity index (χ0v) is 4.64. The SMILES string of the molecule is C/C=C(\C)CN=O. The van der Waals surface area contributed by atoms with Crippen LogP contribution in [0.5, 0.6) is 0 Å². The van der Waals surface area contributed by atoms with Gasteiger partial charge in [0.2, 0.25) is 0 Å². The van der Waals surface area contributed by atoms with Crippen molar-refractivity contribution in [3.05, 3.63) is 16.6 Å². The summed E-state index contributed by atoms with van der Waals surface area (Å²) in [5, 5.41) is 2.69. The van der Waals surface area contributed by atoms with Crippen LogP contribution in [-0.2, 0) is 0 Å². The van der Waals surface area contributed by atoms with Crippen LogP contribution in [0.15, 0.2) is 16.8 Å². The number of allylic oxidation sites excluding steroid dienone is 1. The maximum Gasteiger partial charge on any atom is 0.102 e. The van der Waals surface area contributed by atoms with Crippen molar-refractivity contribution >= 4 is 0 Å². The van der Waals surface area contributed by atoms with Crippen LogP contribution in [0.4, 0.5) is 0 Å². The van der Waals surface area contributed by atoms with Gasteiger partial charge in [-0.25, -0.2) is 0 Å². The van der Waals surface area contributed by atoms with E-state index in [4.69, 9.17) is 0 Å². The van der Waals surface area contributed by atoms with Crippen molar-refractivity contribution in [3.8, 4) is 0 Å². The van der Waals surface area contributed by atoms with E-state index in [0.717, 1.165) is 5.57 Å². The number of nitrogens with zero attached hydrogens (tertiary/aromatic N) is 1. The molecule has 2 nitrogen and oxygen atoms in total. The molecular formula is C5H9NO. The van der Waals surface area contributed by atoms with Crippen LogP contribution in [0.1, 0.15) is 13.8 Å². The molecule has 0 rings (SSSR count). The third-order valence-corrected chi connectivity index (χ3v) is 0.807. The minimum atomic E-state index is 0.330. The average molecular weight is 99.1 g/mol. The van der Waals surface area contributed by atoms with E-state index in [9.17, 15) is 4.91 Å². The fourth-order valence-corrected chi connectivity index (χ4v) is 0.193. The average Bonchev–Trinajstić information content (AvgIpc) is 1.68. The van der Waals surface area contributed by atoms with Gasteiger partial charge in [-0.15, -0.1) is 0 Å². The topological polar surface area (TPSA) is 29.4 Å². The summed E-state index contributed by atoms with van der Waals surface area (Å²) in [6.45, 7) is 4.10. The Bertz CT molecular complexity index is 86.1. The Morgan fingerprint density at radius 3 is 2.57 bits per heavy atom. The standard InChI is InChI=1S/C5H9NO/c1-3-5(2)4-6-7/h3H,4H2,1-2H3/b5-3+. The maximum absolute atomic E-state index is 9.48. The third kappa shape index (κ3) is 3.16. The highest BCUT2D eigenvalue weighted by molar-refractivity contribution is 4.97. The summed E-state index contributed by atoms with van der Waals surface area (Å²) in [5.74, 6) is 0. The molecule has 0 aromatic carbocycles. The monoisotopic (exact) mass is 99.1 g/mol. The number of hydrogen-bond acceptors (Lipinski definition) is 2. The molecule has 0 amide bonds. The minimum Gasteiger partial charge on any atom is -0.150 e. The van der Waals surface area contributed by atoms with E-state index in [2.05, 4.69) is 5.18 Å². The largest absolute Gasteiger partial charge is 0.150 e. The Kier molecular flexibility index (Phi) is 3.19. The van der Waals surface area contributed by atoms with Crippen molar-refractivity contribution in [1.82, 2.24) is 0 Å². The van der Waals surface area contributed by atoms with Gasteiger partial charge in [-0.1, -0.05) is 16.8 Å². The van der Waals surface area contributed by atoms with Crippen molar-refractivity contribution in [2.24, 2.45) is 5.18 Å². The van der Waals surface area contributed by atoms with E-state index in [1.165, 1.54) is 0 Å². The Morgan fingerprint density at radius 2 is 2.43 bits per heavy atom. The summed E-state index contributed by atoms with van der Waals surface area (Å²) >= 11 is 0. The quantitative estimate of drug-likeness (QED) is 0.383.